The van der Waals surface area contributed by atoms with E-state index in [2.05, 4.69) is 33.5 Å². The van der Waals surface area contributed by atoms with Crippen molar-refractivity contribution in [2.75, 3.05) is 25.7 Å². The van der Waals surface area contributed by atoms with E-state index in [-0.39, 0.29) is 12.1 Å². The van der Waals surface area contributed by atoms with Crippen LogP contribution >= 0.6 is 0 Å². The highest BCUT2D eigenvalue weighted by Gasteiger charge is 2.26. The van der Waals surface area contributed by atoms with Gasteiger partial charge in [-0.1, -0.05) is 0 Å². The minimum Gasteiger partial charge on any atom is -0.393 e. The fourth-order valence-electron chi connectivity index (χ4n) is 4.32. The second-order valence-corrected chi connectivity index (χ2v) is 8.44. The maximum Gasteiger partial charge on any atom is 0.243 e. The summed E-state index contributed by atoms with van der Waals surface area (Å²) in [5.74, 6) is 1.05. The lowest BCUT2D eigenvalue weighted by molar-refractivity contribution is 0.121. The van der Waals surface area contributed by atoms with E-state index in [9.17, 15) is 5.11 Å². The van der Waals surface area contributed by atoms with Crippen molar-refractivity contribution in [2.45, 2.75) is 57.6 Å². The highest BCUT2D eigenvalue weighted by Crippen LogP contribution is 2.37. The van der Waals surface area contributed by atoms with Crippen molar-refractivity contribution >= 4 is 11.5 Å². The van der Waals surface area contributed by atoms with Crippen LogP contribution in [0.4, 0.5) is 5.95 Å². The second-order valence-electron chi connectivity index (χ2n) is 8.44. The Morgan fingerprint density at radius 1 is 1.23 bits per heavy atom. The van der Waals surface area contributed by atoms with Crippen LogP contribution in [-0.2, 0) is 4.74 Å². The predicted molar refractivity (Wildman–Crippen MR) is 118 cm³/mol. The maximum atomic E-state index is 9.97. The Balaban J connectivity index is 1.81. The van der Waals surface area contributed by atoms with Crippen LogP contribution < -0.4 is 4.90 Å². The first-order chi connectivity index (χ1) is 14.5. The van der Waals surface area contributed by atoms with E-state index in [4.69, 9.17) is 9.84 Å². The topological polar surface area (TPSA) is 75.8 Å². The summed E-state index contributed by atoms with van der Waals surface area (Å²) in [5.41, 5.74) is 5.43. The number of nitrogens with zero attached hydrogens (tertiary/aromatic N) is 5. The molecule has 1 N–H and O–H groups in total. The molecule has 160 valence electrons. The van der Waals surface area contributed by atoms with Crippen molar-refractivity contribution in [2.24, 2.45) is 0 Å². The number of hydrogen-bond donors (Lipinski definition) is 1. The summed E-state index contributed by atoms with van der Waals surface area (Å²) in [7, 11) is 3.71. The number of hydrogen-bond acceptors (Lipinski definition) is 6. The minimum atomic E-state index is -0.180. The Morgan fingerprint density at radius 2 is 2.00 bits per heavy atom. The lowest BCUT2D eigenvalue weighted by Gasteiger charge is -2.26. The van der Waals surface area contributed by atoms with Crippen LogP contribution in [0.3, 0.4) is 0 Å². The zero-order valence-electron chi connectivity index (χ0n) is 18.2. The number of methoxy groups -OCH3 is 1. The summed E-state index contributed by atoms with van der Waals surface area (Å²) < 4.78 is 7.36. The molecule has 0 aromatic carbocycles. The number of aromatic nitrogens is 4. The van der Waals surface area contributed by atoms with Crippen LogP contribution in [0.5, 0.6) is 0 Å². The van der Waals surface area contributed by atoms with Crippen molar-refractivity contribution in [3.05, 3.63) is 42.0 Å². The Bertz CT molecular complexity index is 1010. The van der Waals surface area contributed by atoms with Gasteiger partial charge < -0.3 is 14.7 Å². The summed E-state index contributed by atoms with van der Waals surface area (Å²) in [6.07, 6.45) is 7.20. The fourth-order valence-corrected chi connectivity index (χ4v) is 4.32. The van der Waals surface area contributed by atoms with Gasteiger partial charge in [-0.05, 0) is 63.3 Å². The Labute approximate surface area is 177 Å². The standard InChI is InChI=1S/C23H31N5O2/c1-15-11-18(9-10-24-15)20-12-21(17-5-7-19(29)8-6-17)28-22(20)13-25-23(26-28)27(3)16(2)14-30-4/h9-13,16-17,19,29H,5-8,14H2,1-4H3/t16-,17?,19?/m0/s1. The molecule has 1 atom stereocenters. The van der Waals surface area contributed by atoms with Gasteiger partial charge in [0.15, 0.2) is 0 Å². The number of aryl methyl sites for hydroxylation is 1. The van der Waals surface area contributed by atoms with E-state index in [1.54, 1.807) is 7.11 Å². The third-order valence-corrected chi connectivity index (χ3v) is 6.24. The molecule has 0 amide bonds. The highest BCUT2D eigenvalue weighted by atomic mass is 16.5. The molecule has 0 radical (unpaired) electrons. The summed E-state index contributed by atoms with van der Waals surface area (Å²) >= 11 is 0. The number of likely N-dealkylation sites (N-methyl/N-ethyl adjacent to an activating group) is 1. The highest BCUT2D eigenvalue weighted by molar-refractivity contribution is 5.81. The molecule has 1 aliphatic rings. The Kier molecular flexibility index (Phi) is 6.01. The number of aliphatic hydroxyl groups excluding tert-OH is 1. The van der Waals surface area contributed by atoms with Crippen LogP contribution in [0.15, 0.2) is 30.6 Å². The van der Waals surface area contributed by atoms with Gasteiger partial charge in [-0.3, -0.25) is 4.98 Å². The molecule has 7 nitrogen and oxygen atoms in total. The minimum absolute atomic E-state index is 0.165. The average molecular weight is 410 g/mol. The zero-order chi connectivity index (χ0) is 21.3. The molecule has 0 unspecified atom stereocenters. The van der Waals surface area contributed by atoms with Gasteiger partial charge in [0.2, 0.25) is 5.95 Å². The molecule has 4 rings (SSSR count). The van der Waals surface area contributed by atoms with Crippen LogP contribution in [0, 0.1) is 6.92 Å². The first-order valence-corrected chi connectivity index (χ1v) is 10.7. The summed E-state index contributed by atoms with van der Waals surface area (Å²) in [5, 5.41) is 14.9. The third kappa shape index (κ3) is 4.04. The molecular weight excluding hydrogens is 378 g/mol. The molecule has 0 spiro atoms. The molecule has 3 aromatic heterocycles. The van der Waals surface area contributed by atoms with Gasteiger partial charge in [0.05, 0.1) is 30.5 Å². The van der Waals surface area contributed by atoms with Gasteiger partial charge in [0.1, 0.15) is 0 Å². The normalized spacial score (nSPS) is 20.4. The molecular formula is C23H31N5O2. The number of pyridine rings is 1. The SMILES string of the molecule is COC[C@H](C)N(C)c1ncc2c(-c3ccnc(C)c3)cc(C3CCC(O)CC3)n2n1. The number of rotatable bonds is 6. The monoisotopic (exact) mass is 409 g/mol. The van der Waals surface area contributed by atoms with E-state index in [1.165, 1.54) is 5.69 Å². The Morgan fingerprint density at radius 3 is 2.70 bits per heavy atom. The smallest absolute Gasteiger partial charge is 0.243 e. The summed E-state index contributed by atoms with van der Waals surface area (Å²) in [6.45, 7) is 4.71. The van der Waals surface area contributed by atoms with Crippen molar-refractivity contribution in [1.29, 1.82) is 0 Å². The first-order valence-electron chi connectivity index (χ1n) is 10.7. The zero-order valence-corrected chi connectivity index (χ0v) is 18.2. The van der Waals surface area contributed by atoms with Crippen molar-refractivity contribution in [3.8, 4) is 11.1 Å². The first kappa shape index (κ1) is 20.8. The quantitative estimate of drug-likeness (QED) is 0.671. The maximum absolute atomic E-state index is 9.97. The molecule has 3 heterocycles. The van der Waals surface area contributed by atoms with E-state index < -0.39 is 0 Å². The second kappa shape index (κ2) is 8.70. The molecule has 7 heteroatoms. The number of anilines is 1. The largest absolute Gasteiger partial charge is 0.393 e. The van der Waals surface area contributed by atoms with Gasteiger partial charge in [-0.15, -0.1) is 5.10 Å². The summed E-state index contributed by atoms with van der Waals surface area (Å²) in [4.78, 5) is 11.1. The van der Waals surface area contributed by atoms with Gasteiger partial charge in [0, 0.05) is 43.2 Å². The van der Waals surface area contributed by atoms with Gasteiger partial charge in [-0.25, -0.2) is 9.50 Å². The Hall–Kier alpha value is -2.51. The molecule has 0 aliphatic heterocycles. The number of aliphatic hydroxyl groups is 1. The van der Waals surface area contributed by atoms with Crippen molar-refractivity contribution < 1.29 is 9.84 Å². The molecule has 1 aliphatic carbocycles. The van der Waals surface area contributed by atoms with Gasteiger partial charge in [-0.2, -0.15) is 0 Å². The van der Waals surface area contributed by atoms with Crippen LogP contribution in [0.1, 0.15) is 49.9 Å². The average Bonchev–Trinajstić information content (AvgIpc) is 3.13. The third-order valence-electron chi connectivity index (χ3n) is 6.24. The van der Waals surface area contributed by atoms with E-state index >= 15 is 0 Å². The van der Waals surface area contributed by atoms with Gasteiger partial charge in [0.25, 0.3) is 0 Å². The van der Waals surface area contributed by atoms with E-state index in [1.807, 2.05) is 37.3 Å². The molecule has 0 saturated heterocycles. The van der Waals surface area contributed by atoms with E-state index in [0.29, 0.717) is 18.5 Å². The molecule has 30 heavy (non-hydrogen) atoms. The lowest BCUT2D eigenvalue weighted by atomic mass is 9.85. The number of ether oxygens (including phenoxy) is 1. The van der Waals surface area contributed by atoms with Crippen LogP contribution in [0.25, 0.3) is 16.6 Å². The lowest BCUT2D eigenvalue weighted by Crippen LogP contribution is -2.34. The fraction of sp³-hybridized carbons (Fsp3) is 0.522. The van der Waals surface area contributed by atoms with Crippen molar-refractivity contribution in [1.82, 2.24) is 19.6 Å². The molecule has 1 saturated carbocycles. The predicted octanol–water partition coefficient (Wildman–Crippen LogP) is 3.59. The molecule has 1 fully saturated rings. The van der Waals surface area contributed by atoms with E-state index in [0.717, 1.165) is 48.0 Å². The van der Waals surface area contributed by atoms with Crippen molar-refractivity contribution in [3.63, 3.8) is 0 Å². The number of fused-ring (bicyclic) bond motifs is 1. The molecule has 3 aromatic rings. The summed E-state index contributed by atoms with van der Waals surface area (Å²) in [6, 6.07) is 6.56. The molecule has 0 bridgehead atoms. The van der Waals surface area contributed by atoms with Crippen LogP contribution in [0.2, 0.25) is 0 Å². The van der Waals surface area contributed by atoms with Gasteiger partial charge >= 0.3 is 0 Å². The van der Waals surface area contributed by atoms with Crippen LogP contribution in [-0.4, -0.2) is 57.6 Å².